The molecule has 4 rings (SSSR count). The first-order chi connectivity index (χ1) is 19.4. The molecule has 1 aromatic heterocycles. The van der Waals surface area contributed by atoms with Crippen molar-refractivity contribution in [2.75, 3.05) is 13.2 Å². The number of aromatic nitrogens is 2. The van der Waals surface area contributed by atoms with Gasteiger partial charge in [0.1, 0.15) is 31.1 Å². The zero-order valence-corrected chi connectivity index (χ0v) is 23.3. The summed E-state index contributed by atoms with van der Waals surface area (Å²) in [5.74, 6) is -0.877. The summed E-state index contributed by atoms with van der Waals surface area (Å²) < 4.78 is 4.92. The molecule has 10 nitrogen and oxygen atoms in total. The van der Waals surface area contributed by atoms with Crippen molar-refractivity contribution >= 4 is 17.8 Å². The Morgan fingerprint density at radius 1 is 1.12 bits per heavy atom. The third-order valence-electron chi connectivity index (χ3n) is 6.36. The van der Waals surface area contributed by atoms with Crippen LogP contribution in [0.3, 0.4) is 0 Å². The molecule has 2 aromatic carbocycles. The van der Waals surface area contributed by atoms with Crippen molar-refractivity contribution in [2.45, 2.75) is 52.1 Å². The molecule has 4 amide bonds. The van der Waals surface area contributed by atoms with Gasteiger partial charge in [0.25, 0.3) is 5.91 Å². The molecule has 1 aliphatic rings. The van der Waals surface area contributed by atoms with Crippen molar-refractivity contribution in [3.05, 3.63) is 90.6 Å². The van der Waals surface area contributed by atoms with E-state index in [1.165, 1.54) is 6.26 Å². The fourth-order valence-electron chi connectivity index (χ4n) is 4.37. The Hall–Kier alpha value is -4.44. The minimum absolute atomic E-state index is 0.104. The first-order valence-corrected chi connectivity index (χ1v) is 13.3. The Kier molecular flexibility index (Phi) is 11.0. The number of ether oxygens (including phenoxy) is 1. The van der Waals surface area contributed by atoms with E-state index in [0.29, 0.717) is 5.82 Å². The number of urea groups is 1. The van der Waals surface area contributed by atoms with Crippen LogP contribution in [0.15, 0.2) is 73.6 Å². The summed E-state index contributed by atoms with van der Waals surface area (Å²) in [6, 6.07) is 15.2. The molecule has 0 saturated carbocycles. The quantitative estimate of drug-likeness (QED) is 0.130. The van der Waals surface area contributed by atoms with E-state index in [-0.39, 0.29) is 25.6 Å². The number of H-pyrrole nitrogens is 1. The normalized spacial score (nSPS) is 15.9. The molecule has 0 spiro atoms. The number of imide groups is 1. The van der Waals surface area contributed by atoms with Gasteiger partial charge in [-0.25, -0.2) is 15.3 Å². The second kappa shape index (κ2) is 14.6. The number of imidazole rings is 1. The highest BCUT2D eigenvalue weighted by Gasteiger charge is 2.46. The molecule has 0 radical (unpaired) electrons. The molecule has 212 valence electrons. The Balaban J connectivity index is 0.00000216. The van der Waals surface area contributed by atoms with E-state index < -0.39 is 29.9 Å². The average Bonchev–Trinajstić information content (AvgIpc) is 3.56. The third kappa shape index (κ3) is 7.35. The average molecular weight is 548 g/mol. The minimum atomic E-state index is -1.03. The zero-order valence-electron chi connectivity index (χ0n) is 23.3. The number of carbonyl (C=O) groups excluding carboxylic acids is 3. The van der Waals surface area contributed by atoms with Crippen LogP contribution in [0.1, 0.15) is 56.1 Å². The molecular weight excluding hydrogens is 510 g/mol. The predicted octanol–water partition coefficient (Wildman–Crippen LogP) is 4.77. The SMILES string of the molecule is C=COCCONC(=O)C[C@H]1NC(=O)N(C(c2ncc(-c3ccc(C)cc3)[nH]2)C(C)c2ccccc2)C1=O.CC. The van der Waals surface area contributed by atoms with E-state index in [0.717, 1.165) is 27.3 Å². The standard InChI is InChI=1S/C28H31N5O5.C2H6/c1-4-37-14-15-38-32-24(34)16-22-27(35)33(28(36)31-22)25(19(3)20-8-6-5-7-9-20)26-29-17-23(30-26)21-12-10-18(2)11-13-21;1-2/h4-13,17,19,22,25H,1,14-16H2,2-3H3,(H,29,30)(H,31,36)(H,32,34);1-2H3/t19?,22-,25?;/m1./s1. The van der Waals surface area contributed by atoms with Gasteiger partial charge in [0, 0.05) is 5.92 Å². The molecule has 3 atom stereocenters. The maximum Gasteiger partial charge on any atom is 0.325 e. The number of rotatable bonds is 12. The van der Waals surface area contributed by atoms with E-state index in [1.54, 1.807) is 6.20 Å². The summed E-state index contributed by atoms with van der Waals surface area (Å²) >= 11 is 0. The highest BCUT2D eigenvalue weighted by atomic mass is 16.7. The van der Waals surface area contributed by atoms with Gasteiger partial charge in [0.05, 0.1) is 24.6 Å². The van der Waals surface area contributed by atoms with Crippen molar-refractivity contribution in [3.63, 3.8) is 0 Å². The molecule has 10 heteroatoms. The van der Waals surface area contributed by atoms with Crippen LogP contribution >= 0.6 is 0 Å². The van der Waals surface area contributed by atoms with Crippen molar-refractivity contribution < 1.29 is 24.0 Å². The zero-order chi connectivity index (χ0) is 29.1. The van der Waals surface area contributed by atoms with Gasteiger partial charge in [-0.1, -0.05) is 87.5 Å². The van der Waals surface area contributed by atoms with Crippen molar-refractivity contribution in [3.8, 4) is 11.3 Å². The van der Waals surface area contributed by atoms with Gasteiger partial charge >= 0.3 is 6.03 Å². The fourth-order valence-corrected chi connectivity index (χ4v) is 4.37. The predicted molar refractivity (Wildman–Crippen MR) is 152 cm³/mol. The number of amides is 4. The van der Waals surface area contributed by atoms with Crippen LogP contribution in [0.5, 0.6) is 0 Å². The lowest BCUT2D eigenvalue weighted by molar-refractivity contribution is -0.138. The first kappa shape index (κ1) is 30.1. The number of hydrogen-bond acceptors (Lipinski definition) is 6. The Labute approximate surface area is 234 Å². The van der Waals surface area contributed by atoms with Crippen LogP contribution in [0.4, 0.5) is 4.79 Å². The molecule has 0 bridgehead atoms. The van der Waals surface area contributed by atoms with Crippen LogP contribution in [-0.4, -0.2) is 52.0 Å². The van der Waals surface area contributed by atoms with Crippen LogP contribution < -0.4 is 10.8 Å². The lowest BCUT2D eigenvalue weighted by Crippen LogP contribution is -2.39. The van der Waals surface area contributed by atoms with Crippen molar-refractivity contribution in [1.29, 1.82) is 0 Å². The van der Waals surface area contributed by atoms with Gasteiger partial charge in [-0.2, -0.15) is 0 Å². The van der Waals surface area contributed by atoms with Crippen molar-refractivity contribution in [1.82, 2.24) is 25.7 Å². The van der Waals surface area contributed by atoms with E-state index in [2.05, 4.69) is 27.3 Å². The topological polar surface area (TPSA) is 126 Å². The molecule has 0 aliphatic carbocycles. The number of benzene rings is 2. The number of nitrogens with zero attached hydrogens (tertiary/aromatic N) is 2. The Bertz CT molecular complexity index is 1280. The third-order valence-corrected chi connectivity index (χ3v) is 6.36. The molecule has 2 unspecified atom stereocenters. The van der Waals surface area contributed by atoms with Crippen LogP contribution in [0.25, 0.3) is 11.3 Å². The second-order valence-electron chi connectivity index (χ2n) is 9.02. The largest absolute Gasteiger partial charge is 0.499 e. The molecule has 2 heterocycles. The Morgan fingerprint density at radius 2 is 1.82 bits per heavy atom. The number of hydroxylamine groups is 1. The molecule has 3 N–H and O–H groups in total. The van der Waals surface area contributed by atoms with E-state index in [1.807, 2.05) is 82.3 Å². The van der Waals surface area contributed by atoms with Gasteiger partial charge in [0.2, 0.25) is 5.91 Å². The van der Waals surface area contributed by atoms with E-state index in [9.17, 15) is 14.4 Å². The summed E-state index contributed by atoms with van der Waals surface area (Å²) in [5, 5.41) is 2.64. The first-order valence-electron chi connectivity index (χ1n) is 13.3. The minimum Gasteiger partial charge on any atom is -0.499 e. The smallest absolute Gasteiger partial charge is 0.325 e. The number of aromatic amines is 1. The molecule has 1 aliphatic heterocycles. The van der Waals surface area contributed by atoms with Gasteiger partial charge in [-0.15, -0.1) is 0 Å². The van der Waals surface area contributed by atoms with Crippen LogP contribution in [0, 0.1) is 6.92 Å². The summed E-state index contributed by atoms with van der Waals surface area (Å²) in [6.07, 6.45) is 2.69. The lowest BCUT2D eigenvalue weighted by Gasteiger charge is -2.29. The summed E-state index contributed by atoms with van der Waals surface area (Å²) in [7, 11) is 0. The summed E-state index contributed by atoms with van der Waals surface area (Å²) in [6.45, 7) is 11.7. The maximum absolute atomic E-state index is 13.5. The molecule has 1 fully saturated rings. The van der Waals surface area contributed by atoms with Gasteiger partial charge in [0.15, 0.2) is 0 Å². The molecule has 1 saturated heterocycles. The maximum atomic E-state index is 13.5. The Morgan fingerprint density at radius 3 is 2.50 bits per heavy atom. The van der Waals surface area contributed by atoms with Gasteiger partial charge < -0.3 is 15.0 Å². The monoisotopic (exact) mass is 547 g/mol. The van der Waals surface area contributed by atoms with Crippen molar-refractivity contribution in [2.24, 2.45) is 0 Å². The number of aryl methyl sites for hydroxylation is 1. The molecule has 3 aromatic rings. The van der Waals surface area contributed by atoms with Gasteiger partial charge in [-0.05, 0) is 18.1 Å². The number of hydrogen-bond donors (Lipinski definition) is 3. The van der Waals surface area contributed by atoms with Crippen LogP contribution in [0.2, 0.25) is 0 Å². The summed E-state index contributed by atoms with van der Waals surface area (Å²) in [5.41, 5.74) is 6.03. The molecular formula is C30H37N5O5. The van der Waals surface area contributed by atoms with E-state index in [4.69, 9.17) is 9.57 Å². The lowest BCUT2D eigenvalue weighted by atomic mass is 9.91. The number of nitrogens with one attached hydrogen (secondary N) is 3. The number of carbonyl (C=O) groups is 3. The highest BCUT2D eigenvalue weighted by Crippen LogP contribution is 2.37. The molecule has 40 heavy (non-hydrogen) atoms. The second-order valence-corrected chi connectivity index (χ2v) is 9.02. The summed E-state index contributed by atoms with van der Waals surface area (Å²) in [4.78, 5) is 53.0. The fraction of sp³-hybridized carbons (Fsp3) is 0.333. The van der Waals surface area contributed by atoms with Crippen LogP contribution in [-0.2, 0) is 19.2 Å². The van der Waals surface area contributed by atoms with Gasteiger partial charge in [-0.3, -0.25) is 19.3 Å². The van der Waals surface area contributed by atoms with E-state index >= 15 is 0 Å². The highest BCUT2D eigenvalue weighted by molar-refractivity contribution is 6.06.